The first-order chi connectivity index (χ1) is 8.25. The third-order valence-electron chi connectivity index (χ3n) is 6.02. The normalized spacial score (nSPS) is 54.5. The molecule has 2 fully saturated rings. The van der Waals surface area contributed by atoms with Gasteiger partial charge in [0, 0.05) is 17.9 Å². The summed E-state index contributed by atoms with van der Waals surface area (Å²) in [4.78, 5) is 11.9. The Morgan fingerprint density at radius 1 is 1.44 bits per heavy atom. The van der Waals surface area contributed by atoms with Crippen LogP contribution in [0.25, 0.3) is 0 Å². The number of aliphatic hydroxyl groups excluding tert-OH is 1. The molecule has 0 bridgehead atoms. The Bertz CT molecular complexity index is 455. The van der Waals surface area contributed by atoms with Crippen LogP contribution in [-0.2, 0) is 4.79 Å². The van der Waals surface area contributed by atoms with Gasteiger partial charge in [-0.15, -0.1) is 0 Å². The summed E-state index contributed by atoms with van der Waals surface area (Å²) in [7, 11) is 0. The minimum Gasteiger partial charge on any atom is -0.396 e. The summed E-state index contributed by atoms with van der Waals surface area (Å²) < 4.78 is 0. The zero-order chi connectivity index (χ0) is 13.3. The van der Waals surface area contributed by atoms with Crippen LogP contribution in [0.5, 0.6) is 0 Å². The van der Waals surface area contributed by atoms with E-state index in [9.17, 15) is 15.0 Å². The number of rotatable bonds is 1. The second-order valence-corrected chi connectivity index (χ2v) is 7.26. The van der Waals surface area contributed by atoms with Crippen LogP contribution in [0.1, 0.15) is 40.0 Å². The zero-order valence-electron chi connectivity index (χ0n) is 11.4. The molecule has 3 aliphatic carbocycles. The highest BCUT2D eigenvalue weighted by atomic mass is 16.3. The van der Waals surface area contributed by atoms with Crippen LogP contribution in [-0.4, -0.2) is 28.2 Å². The Morgan fingerprint density at radius 3 is 2.72 bits per heavy atom. The van der Waals surface area contributed by atoms with Gasteiger partial charge in [-0.2, -0.15) is 0 Å². The van der Waals surface area contributed by atoms with Crippen molar-refractivity contribution in [2.24, 2.45) is 22.7 Å². The van der Waals surface area contributed by atoms with Gasteiger partial charge in [0.1, 0.15) is 0 Å². The lowest BCUT2D eigenvalue weighted by atomic mass is 9.68. The lowest BCUT2D eigenvalue weighted by Crippen LogP contribution is -2.38. The molecule has 0 heterocycles. The fourth-order valence-corrected chi connectivity index (χ4v) is 4.82. The minimum absolute atomic E-state index is 0.0347. The highest BCUT2D eigenvalue weighted by Crippen LogP contribution is 2.68. The summed E-state index contributed by atoms with van der Waals surface area (Å²) in [6.07, 6.45) is 3.83. The molecule has 100 valence electrons. The Morgan fingerprint density at radius 2 is 2.11 bits per heavy atom. The first-order valence-corrected chi connectivity index (χ1v) is 6.83. The highest BCUT2D eigenvalue weighted by molar-refractivity contribution is 5.96. The first-order valence-electron chi connectivity index (χ1n) is 6.83. The van der Waals surface area contributed by atoms with E-state index in [1.165, 1.54) is 0 Å². The number of carbonyl (C=O) groups is 1. The Labute approximate surface area is 108 Å². The number of hydrogen-bond donors (Lipinski definition) is 2. The fraction of sp³-hybridized carbons (Fsp3) is 0.800. The summed E-state index contributed by atoms with van der Waals surface area (Å²) in [5.74, 6) is 0.273. The molecule has 0 aliphatic heterocycles. The van der Waals surface area contributed by atoms with Gasteiger partial charge < -0.3 is 10.2 Å². The second-order valence-electron chi connectivity index (χ2n) is 7.26. The second kappa shape index (κ2) is 3.26. The maximum absolute atomic E-state index is 11.9. The maximum Gasteiger partial charge on any atom is 0.159 e. The number of allylic oxidation sites excluding steroid dienone is 1. The Hall–Kier alpha value is -0.670. The SMILES string of the molecule is C[C@H]1C(=O)C=C2C[C@@]3(O)C[C@@](C)(CO)C[C@H]3[C@@]21C. The maximum atomic E-state index is 11.9. The van der Waals surface area contributed by atoms with E-state index in [0.717, 1.165) is 12.0 Å². The zero-order valence-corrected chi connectivity index (χ0v) is 11.4. The van der Waals surface area contributed by atoms with Gasteiger partial charge in [-0.05, 0) is 36.7 Å². The summed E-state index contributed by atoms with van der Waals surface area (Å²) >= 11 is 0. The molecule has 0 aromatic rings. The molecule has 0 amide bonds. The molecule has 3 rings (SSSR count). The number of hydrogen-bond acceptors (Lipinski definition) is 3. The number of ketones is 1. The van der Waals surface area contributed by atoms with Crippen molar-refractivity contribution in [2.45, 2.75) is 45.6 Å². The van der Waals surface area contributed by atoms with Crippen molar-refractivity contribution in [3.05, 3.63) is 11.6 Å². The van der Waals surface area contributed by atoms with Crippen molar-refractivity contribution in [1.29, 1.82) is 0 Å². The largest absolute Gasteiger partial charge is 0.396 e. The van der Waals surface area contributed by atoms with Gasteiger partial charge in [0.2, 0.25) is 0 Å². The average Bonchev–Trinajstić information content (AvgIpc) is 2.76. The van der Waals surface area contributed by atoms with E-state index in [4.69, 9.17) is 0 Å². The monoisotopic (exact) mass is 250 g/mol. The van der Waals surface area contributed by atoms with E-state index in [-0.39, 0.29) is 35.1 Å². The summed E-state index contributed by atoms with van der Waals surface area (Å²) in [6.45, 7) is 6.26. The van der Waals surface area contributed by atoms with Gasteiger partial charge in [-0.1, -0.05) is 26.3 Å². The lowest BCUT2D eigenvalue weighted by Gasteiger charge is -2.36. The van der Waals surface area contributed by atoms with E-state index in [0.29, 0.717) is 12.8 Å². The van der Waals surface area contributed by atoms with Crippen molar-refractivity contribution in [1.82, 2.24) is 0 Å². The molecule has 2 N–H and O–H groups in total. The molecule has 3 nitrogen and oxygen atoms in total. The van der Waals surface area contributed by atoms with Crippen LogP contribution in [0.4, 0.5) is 0 Å². The number of fused-ring (bicyclic) bond motifs is 3. The predicted molar refractivity (Wildman–Crippen MR) is 67.8 cm³/mol. The van der Waals surface area contributed by atoms with E-state index >= 15 is 0 Å². The van der Waals surface area contributed by atoms with E-state index in [1.54, 1.807) is 6.08 Å². The molecule has 0 unspecified atom stereocenters. The molecule has 18 heavy (non-hydrogen) atoms. The average molecular weight is 250 g/mol. The van der Waals surface area contributed by atoms with Gasteiger partial charge in [-0.3, -0.25) is 4.79 Å². The van der Waals surface area contributed by atoms with Crippen LogP contribution in [0, 0.1) is 22.7 Å². The summed E-state index contributed by atoms with van der Waals surface area (Å²) in [6, 6.07) is 0. The standard InChI is InChI=1S/C15H22O3/c1-9-11(17)4-10-5-15(18)7-13(2,8-16)6-12(15)14(9,10)3/h4,9,12,16,18H,5-8H2,1-3H3/t9-,12-,13-,14+,15+/m0/s1. The summed E-state index contributed by atoms with van der Waals surface area (Å²) in [5.41, 5.74) is 0.0259. The van der Waals surface area contributed by atoms with Crippen molar-refractivity contribution in [2.75, 3.05) is 6.61 Å². The molecule has 0 saturated heterocycles. The van der Waals surface area contributed by atoms with E-state index < -0.39 is 5.60 Å². The molecule has 0 aromatic heterocycles. The molecule has 0 radical (unpaired) electrons. The van der Waals surface area contributed by atoms with Crippen LogP contribution in [0.3, 0.4) is 0 Å². The van der Waals surface area contributed by atoms with Crippen LogP contribution < -0.4 is 0 Å². The molecule has 3 heteroatoms. The molecular formula is C15H22O3. The first kappa shape index (κ1) is 12.4. The Balaban J connectivity index is 2.04. The van der Waals surface area contributed by atoms with E-state index in [1.807, 2.05) is 13.8 Å². The third kappa shape index (κ3) is 1.24. The molecule has 5 atom stereocenters. The molecule has 0 spiro atoms. The summed E-state index contributed by atoms with van der Waals surface area (Å²) in [5, 5.41) is 20.5. The Kier molecular flexibility index (Phi) is 2.24. The van der Waals surface area contributed by atoms with Gasteiger partial charge in [0.05, 0.1) is 5.60 Å². The van der Waals surface area contributed by atoms with Crippen molar-refractivity contribution in [3.63, 3.8) is 0 Å². The number of aliphatic hydroxyl groups is 2. The lowest BCUT2D eigenvalue weighted by molar-refractivity contribution is -0.120. The van der Waals surface area contributed by atoms with Gasteiger partial charge in [0.25, 0.3) is 0 Å². The molecular weight excluding hydrogens is 228 g/mol. The van der Waals surface area contributed by atoms with Crippen LogP contribution in [0.15, 0.2) is 11.6 Å². The third-order valence-corrected chi connectivity index (χ3v) is 6.02. The predicted octanol–water partition coefficient (Wildman–Crippen LogP) is 1.68. The van der Waals surface area contributed by atoms with Crippen LogP contribution >= 0.6 is 0 Å². The van der Waals surface area contributed by atoms with Gasteiger partial charge in [0.15, 0.2) is 5.78 Å². The van der Waals surface area contributed by atoms with Crippen molar-refractivity contribution in [3.8, 4) is 0 Å². The minimum atomic E-state index is -0.715. The van der Waals surface area contributed by atoms with Crippen molar-refractivity contribution < 1.29 is 15.0 Å². The number of carbonyl (C=O) groups excluding carboxylic acids is 1. The molecule has 0 aromatic carbocycles. The van der Waals surface area contributed by atoms with Gasteiger partial charge in [-0.25, -0.2) is 0 Å². The fourth-order valence-electron chi connectivity index (χ4n) is 4.82. The van der Waals surface area contributed by atoms with Gasteiger partial charge >= 0.3 is 0 Å². The molecule has 3 aliphatic rings. The quantitative estimate of drug-likeness (QED) is 0.744. The van der Waals surface area contributed by atoms with E-state index in [2.05, 4.69) is 6.92 Å². The topological polar surface area (TPSA) is 57.5 Å². The smallest absolute Gasteiger partial charge is 0.159 e. The van der Waals surface area contributed by atoms with Crippen molar-refractivity contribution >= 4 is 5.78 Å². The van der Waals surface area contributed by atoms with Crippen LogP contribution in [0.2, 0.25) is 0 Å². The molecule has 2 saturated carbocycles. The highest BCUT2D eigenvalue weighted by Gasteiger charge is 2.67.